The second kappa shape index (κ2) is 3.71. The number of rotatable bonds is 2. The van der Waals surface area contributed by atoms with E-state index in [1.54, 1.807) is 30.2 Å². The van der Waals surface area contributed by atoms with Crippen LogP contribution in [-0.4, -0.2) is 18.5 Å². The Kier molecular flexibility index (Phi) is 2.56. The molecule has 1 heterocycles. The second-order valence-electron chi connectivity index (χ2n) is 2.79. The van der Waals surface area contributed by atoms with Crippen LogP contribution in [0.25, 0.3) is 10.1 Å². The molecule has 0 spiro atoms. The van der Waals surface area contributed by atoms with Gasteiger partial charge in [-0.2, -0.15) is 0 Å². The number of benzene rings is 1. The quantitative estimate of drug-likeness (QED) is 0.796. The van der Waals surface area contributed by atoms with Gasteiger partial charge in [-0.3, -0.25) is 0 Å². The van der Waals surface area contributed by atoms with E-state index in [4.69, 9.17) is 4.74 Å². The molecule has 0 unspecified atom stereocenters. The fraction of sp³-hybridized carbons (Fsp3) is 0.200. The number of thiophene rings is 1. The molecule has 74 valence electrons. The van der Waals surface area contributed by atoms with Crippen LogP contribution in [0.4, 0.5) is 0 Å². The predicted octanol–water partition coefficient (Wildman–Crippen LogP) is 3.34. The molecule has 0 aliphatic carbocycles. The van der Waals surface area contributed by atoms with Crippen LogP contribution in [0.2, 0.25) is 0 Å². The number of fused-ring (bicyclic) bond motifs is 1. The molecule has 2 rings (SSSR count). The number of hydrogen-bond donors (Lipinski definition) is 1. The van der Waals surface area contributed by atoms with Gasteiger partial charge in [0.25, 0.3) is 0 Å². The maximum atomic E-state index is 9.83. The summed E-state index contributed by atoms with van der Waals surface area (Å²) in [6.07, 6.45) is 2.02. The van der Waals surface area contributed by atoms with Crippen LogP contribution in [0.3, 0.4) is 0 Å². The van der Waals surface area contributed by atoms with Crippen LogP contribution in [0.5, 0.6) is 11.5 Å². The number of phenolic OH excluding ortho intramolecular Hbond substituents is 1. The third kappa shape index (κ3) is 1.35. The molecular weight excluding hydrogens is 216 g/mol. The van der Waals surface area contributed by atoms with Crippen molar-refractivity contribution < 1.29 is 9.84 Å². The van der Waals surface area contributed by atoms with Crippen molar-refractivity contribution in [2.75, 3.05) is 13.4 Å². The number of ether oxygens (including phenoxy) is 1. The van der Waals surface area contributed by atoms with E-state index in [0.29, 0.717) is 5.75 Å². The van der Waals surface area contributed by atoms with E-state index in [2.05, 4.69) is 0 Å². The van der Waals surface area contributed by atoms with Crippen LogP contribution in [0.1, 0.15) is 0 Å². The fourth-order valence-corrected chi connectivity index (χ4v) is 3.10. The van der Waals surface area contributed by atoms with Crippen LogP contribution >= 0.6 is 23.1 Å². The van der Waals surface area contributed by atoms with Gasteiger partial charge in [0.15, 0.2) is 11.5 Å². The Balaban J connectivity index is 2.80. The Morgan fingerprint density at radius 3 is 2.93 bits per heavy atom. The van der Waals surface area contributed by atoms with Gasteiger partial charge in [0.1, 0.15) is 0 Å². The van der Waals surface area contributed by atoms with E-state index in [1.807, 2.05) is 23.8 Å². The summed E-state index contributed by atoms with van der Waals surface area (Å²) in [6.45, 7) is 0. The summed E-state index contributed by atoms with van der Waals surface area (Å²) in [5, 5.41) is 12.7. The van der Waals surface area contributed by atoms with Gasteiger partial charge in [-0.1, -0.05) is 0 Å². The van der Waals surface area contributed by atoms with Crippen LogP contribution in [-0.2, 0) is 0 Å². The molecular formula is C10H10O2S2. The molecule has 0 saturated carbocycles. The minimum absolute atomic E-state index is 0.238. The van der Waals surface area contributed by atoms with Crippen molar-refractivity contribution in [2.45, 2.75) is 4.90 Å². The monoisotopic (exact) mass is 226 g/mol. The zero-order valence-corrected chi connectivity index (χ0v) is 9.54. The molecule has 0 saturated heterocycles. The third-order valence-corrected chi connectivity index (χ3v) is 3.92. The summed E-state index contributed by atoms with van der Waals surface area (Å²) < 4.78 is 6.23. The molecule has 0 atom stereocenters. The molecule has 0 fully saturated rings. The Bertz CT molecular complexity index is 462. The highest BCUT2D eigenvalue weighted by molar-refractivity contribution is 7.99. The van der Waals surface area contributed by atoms with Crippen molar-refractivity contribution in [3.05, 3.63) is 17.5 Å². The highest BCUT2D eigenvalue weighted by atomic mass is 32.2. The number of aromatic hydroxyl groups is 1. The first kappa shape index (κ1) is 9.68. The predicted molar refractivity (Wildman–Crippen MR) is 61.8 cm³/mol. The lowest BCUT2D eigenvalue weighted by Crippen LogP contribution is -1.84. The average Bonchev–Trinajstić information content (AvgIpc) is 2.68. The zero-order valence-electron chi connectivity index (χ0n) is 7.90. The molecule has 2 nitrogen and oxygen atoms in total. The SMILES string of the molecule is COc1cc(SC)c2sccc2c1O. The first-order chi connectivity index (χ1) is 6.77. The Hall–Kier alpha value is -0.870. The van der Waals surface area contributed by atoms with Crippen molar-refractivity contribution >= 4 is 33.2 Å². The summed E-state index contributed by atoms with van der Waals surface area (Å²) >= 11 is 3.30. The summed E-state index contributed by atoms with van der Waals surface area (Å²) in [5.41, 5.74) is 0. The van der Waals surface area contributed by atoms with Gasteiger partial charge in [0.05, 0.1) is 11.8 Å². The molecule has 2 aromatic rings. The van der Waals surface area contributed by atoms with Crippen molar-refractivity contribution in [1.82, 2.24) is 0 Å². The lowest BCUT2D eigenvalue weighted by Gasteiger charge is -2.07. The minimum Gasteiger partial charge on any atom is -0.504 e. The van der Waals surface area contributed by atoms with E-state index in [1.165, 1.54) is 0 Å². The maximum absolute atomic E-state index is 9.83. The first-order valence-electron chi connectivity index (χ1n) is 4.09. The molecule has 1 N–H and O–H groups in total. The smallest absolute Gasteiger partial charge is 0.166 e. The number of thioether (sulfide) groups is 1. The normalized spacial score (nSPS) is 10.7. The zero-order chi connectivity index (χ0) is 10.1. The molecule has 1 aromatic carbocycles. The van der Waals surface area contributed by atoms with Crippen LogP contribution in [0.15, 0.2) is 22.4 Å². The van der Waals surface area contributed by atoms with Crippen molar-refractivity contribution in [3.8, 4) is 11.5 Å². The van der Waals surface area contributed by atoms with E-state index in [9.17, 15) is 5.11 Å². The number of methoxy groups -OCH3 is 1. The van der Waals surface area contributed by atoms with Crippen LogP contribution in [0, 0.1) is 0 Å². The average molecular weight is 226 g/mol. The molecule has 14 heavy (non-hydrogen) atoms. The van der Waals surface area contributed by atoms with E-state index < -0.39 is 0 Å². The van der Waals surface area contributed by atoms with E-state index in [0.717, 1.165) is 15.0 Å². The molecule has 4 heteroatoms. The largest absolute Gasteiger partial charge is 0.504 e. The molecule has 0 bridgehead atoms. The lowest BCUT2D eigenvalue weighted by atomic mass is 10.2. The van der Waals surface area contributed by atoms with Crippen molar-refractivity contribution in [3.63, 3.8) is 0 Å². The topological polar surface area (TPSA) is 29.5 Å². The standard InChI is InChI=1S/C10H10O2S2/c1-12-7-5-8(13-2)10-6(9(7)11)3-4-14-10/h3-5,11H,1-2H3. The summed E-state index contributed by atoms with van der Waals surface area (Å²) in [5.74, 6) is 0.779. The minimum atomic E-state index is 0.238. The first-order valence-corrected chi connectivity index (χ1v) is 6.19. The van der Waals surface area contributed by atoms with Crippen molar-refractivity contribution in [1.29, 1.82) is 0 Å². The van der Waals surface area contributed by atoms with Gasteiger partial charge < -0.3 is 9.84 Å². The molecule has 0 aliphatic rings. The second-order valence-corrected chi connectivity index (χ2v) is 4.56. The van der Waals surface area contributed by atoms with E-state index in [-0.39, 0.29) is 5.75 Å². The van der Waals surface area contributed by atoms with Gasteiger partial charge in [0, 0.05) is 10.3 Å². The highest BCUT2D eigenvalue weighted by Gasteiger charge is 2.11. The maximum Gasteiger partial charge on any atom is 0.166 e. The molecule has 1 aromatic heterocycles. The van der Waals surface area contributed by atoms with Gasteiger partial charge in [-0.05, 0) is 23.8 Å². The van der Waals surface area contributed by atoms with Gasteiger partial charge in [-0.15, -0.1) is 23.1 Å². The van der Waals surface area contributed by atoms with Crippen LogP contribution < -0.4 is 4.74 Å². The molecule has 0 amide bonds. The number of hydrogen-bond acceptors (Lipinski definition) is 4. The summed E-state index contributed by atoms with van der Waals surface area (Å²) in [7, 11) is 1.57. The van der Waals surface area contributed by atoms with Crippen molar-refractivity contribution in [2.24, 2.45) is 0 Å². The Morgan fingerprint density at radius 2 is 2.29 bits per heavy atom. The molecule has 0 radical (unpaired) electrons. The number of phenols is 1. The summed E-state index contributed by atoms with van der Waals surface area (Å²) in [6, 6.07) is 3.79. The van der Waals surface area contributed by atoms with Gasteiger partial charge in [-0.25, -0.2) is 0 Å². The van der Waals surface area contributed by atoms with Gasteiger partial charge in [0.2, 0.25) is 0 Å². The van der Waals surface area contributed by atoms with E-state index >= 15 is 0 Å². The summed E-state index contributed by atoms with van der Waals surface area (Å²) in [4.78, 5) is 1.14. The Labute approximate surface area is 90.5 Å². The lowest BCUT2D eigenvalue weighted by molar-refractivity contribution is 0.375. The Morgan fingerprint density at radius 1 is 1.50 bits per heavy atom. The van der Waals surface area contributed by atoms with Gasteiger partial charge >= 0.3 is 0 Å². The fourth-order valence-electron chi connectivity index (χ4n) is 1.38. The highest BCUT2D eigenvalue weighted by Crippen LogP contribution is 2.42. The third-order valence-electron chi connectivity index (χ3n) is 2.08. The molecule has 0 aliphatic heterocycles.